The number of carbonyl (C=O) groups is 2. The Kier molecular flexibility index (Phi) is 5.36. The molecule has 0 bridgehead atoms. The van der Waals surface area contributed by atoms with Crippen LogP contribution in [-0.4, -0.2) is 35.8 Å². The molecule has 2 atom stereocenters. The highest BCUT2D eigenvalue weighted by Gasteiger charge is 2.26. The summed E-state index contributed by atoms with van der Waals surface area (Å²) in [6.07, 6.45) is 1.10. The molecule has 21 heavy (non-hydrogen) atoms. The zero-order chi connectivity index (χ0) is 15.4. The van der Waals surface area contributed by atoms with Crippen molar-refractivity contribution in [3.05, 3.63) is 34.3 Å². The van der Waals surface area contributed by atoms with Crippen LogP contribution in [0.2, 0.25) is 0 Å². The van der Waals surface area contributed by atoms with Gasteiger partial charge in [-0.2, -0.15) is 0 Å². The normalized spacial score (nSPS) is 19.4. The largest absolute Gasteiger partial charge is 0.349 e. The minimum Gasteiger partial charge on any atom is -0.349 e. The fourth-order valence-corrected chi connectivity index (χ4v) is 2.77. The Balaban J connectivity index is 2.07. The van der Waals surface area contributed by atoms with Gasteiger partial charge in [0, 0.05) is 30.5 Å². The molecule has 6 heteroatoms. The van der Waals surface area contributed by atoms with Crippen LogP contribution in [0.15, 0.2) is 28.7 Å². The van der Waals surface area contributed by atoms with Crippen molar-refractivity contribution in [1.82, 2.24) is 10.2 Å². The molecule has 1 aliphatic heterocycles. The van der Waals surface area contributed by atoms with Crippen LogP contribution >= 0.6 is 15.9 Å². The lowest BCUT2D eigenvalue weighted by atomic mass is 10.0. The summed E-state index contributed by atoms with van der Waals surface area (Å²) in [5.41, 5.74) is 6.75. The average Bonchev–Trinajstić information content (AvgIpc) is 2.85. The molecular formula is C15H20BrN3O2. The maximum Gasteiger partial charge on any atom is 0.225 e. The molecule has 1 aliphatic rings. The Morgan fingerprint density at radius 1 is 1.43 bits per heavy atom. The van der Waals surface area contributed by atoms with Crippen molar-refractivity contribution in [2.24, 2.45) is 5.73 Å². The standard InChI is InChI=1S/C15H20BrN3O2/c1-10(20)18-14(11-2-4-12(16)5-3-11)8-15(21)19-7-6-13(17)9-19/h2-5,13-14H,6-9,17H2,1H3,(H,18,20). The number of benzene rings is 1. The molecule has 0 aliphatic carbocycles. The summed E-state index contributed by atoms with van der Waals surface area (Å²) in [5.74, 6) is -0.113. The van der Waals surface area contributed by atoms with Crippen LogP contribution in [0.1, 0.15) is 31.4 Å². The number of halogens is 1. The summed E-state index contributed by atoms with van der Waals surface area (Å²) >= 11 is 3.38. The summed E-state index contributed by atoms with van der Waals surface area (Å²) < 4.78 is 0.963. The van der Waals surface area contributed by atoms with Crippen molar-refractivity contribution < 1.29 is 9.59 Å². The third kappa shape index (κ3) is 4.54. The third-order valence-corrected chi connectivity index (χ3v) is 4.13. The van der Waals surface area contributed by atoms with E-state index in [0.717, 1.165) is 16.5 Å². The summed E-state index contributed by atoms with van der Waals surface area (Å²) in [5, 5.41) is 2.85. The second-order valence-electron chi connectivity index (χ2n) is 5.40. The predicted molar refractivity (Wildman–Crippen MR) is 84.5 cm³/mol. The molecule has 0 aromatic heterocycles. The first-order chi connectivity index (χ1) is 9.95. The van der Waals surface area contributed by atoms with Crippen LogP contribution in [-0.2, 0) is 9.59 Å². The highest BCUT2D eigenvalue weighted by atomic mass is 79.9. The van der Waals surface area contributed by atoms with Crippen molar-refractivity contribution >= 4 is 27.7 Å². The fraction of sp³-hybridized carbons (Fsp3) is 0.467. The maximum absolute atomic E-state index is 12.3. The Morgan fingerprint density at radius 2 is 2.10 bits per heavy atom. The lowest BCUT2D eigenvalue weighted by Crippen LogP contribution is -2.36. The van der Waals surface area contributed by atoms with E-state index >= 15 is 0 Å². The van der Waals surface area contributed by atoms with Gasteiger partial charge in [-0.1, -0.05) is 28.1 Å². The van der Waals surface area contributed by atoms with E-state index in [1.807, 2.05) is 24.3 Å². The highest BCUT2D eigenvalue weighted by Crippen LogP contribution is 2.21. The number of hydrogen-bond donors (Lipinski definition) is 2. The number of likely N-dealkylation sites (tertiary alicyclic amines) is 1. The van der Waals surface area contributed by atoms with Gasteiger partial charge in [-0.15, -0.1) is 0 Å². The molecule has 2 unspecified atom stereocenters. The number of hydrogen-bond acceptors (Lipinski definition) is 3. The molecule has 5 nitrogen and oxygen atoms in total. The number of amides is 2. The SMILES string of the molecule is CC(=O)NC(CC(=O)N1CCC(N)C1)c1ccc(Br)cc1. The highest BCUT2D eigenvalue weighted by molar-refractivity contribution is 9.10. The van der Waals surface area contributed by atoms with Gasteiger partial charge in [0.05, 0.1) is 12.5 Å². The molecular weight excluding hydrogens is 334 g/mol. The quantitative estimate of drug-likeness (QED) is 0.862. The molecule has 2 amide bonds. The predicted octanol–water partition coefficient (Wildman–Crippen LogP) is 1.58. The minimum atomic E-state index is -0.306. The first-order valence-electron chi connectivity index (χ1n) is 7.01. The van der Waals surface area contributed by atoms with E-state index in [1.54, 1.807) is 4.90 Å². The van der Waals surface area contributed by atoms with E-state index in [1.165, 1.54) is 6.92 Å². The zero-order valence-corrected chi connectivity index (χ0v) is 13.6. The van der Waals surface area contributed by atoms with Crippen LogP contribution in [0.25, 0.3) is 0 Å². The summed E-state index contributed by atoms with van der Waals surface area (Å²) in [7, 11) is 0. The molecule has 1 saturated heterocycles. The Labute approximate surface area is 133 Å². The van der Waals surface area contributed by atoms with Gasteiger partial charge in [-0.25, -0.2) is 0 Å². The molecule has 0 radical (unpaired) electrons. The van der Waals surface area contributed by atoms with Crippen molar-refractivity contribution in [3.63, 3.8) is 0 Å². The van der Waals surface area contributed by atoms with Gasteiger partial charge in [0.1, 0.15) is 0 Å². The van der Waals surface area contributed by atoms with Crippen molar-refractivity contribution in [2.45, 2.75) is 31.8 Å². The van der Waals surface area contributed by atoms with Crippen LogP contribution in [0.4, 0.5) is 0 Å². The first kappa shape index (κ1) is 16.0. The minimum absolute atomic E-state index is 0.0321. The second kappa shape index (κ2) is 7.04. The Bertz CT molecular complexity index is 518. The topological polar surface area (TPSA) is 75.4 Å². The molecule has 114 valence electrons. The van der Waals surface area contributed by atoms with Gasteiger partial charge >= 0.3 is 0 Å². The summed E-state index contributed by atoms with van der Waals surface area (Å²) in [6.45, 7) is 2.77. The van der Waals surface area contributed by atoms with Gasteiger partial charge in [0.25, 0.3) is 0 Å². The van der Waals surface area contributed by atoms with Crippen LogP contribution in [0.5, 0.6) is 0 Å². The summed E-state index contributed by atoms with van der Waals surface area (Å²) in [4.78, 5) is 25.5. The van der Waals surface area contributed by atoms with Gasteiger partial charge in [0.2, 0.25) is 11.8 Å². The van der Waals surface area contributed by atoms with Gasteiger partial charge in [0.15, 0.2) is 0 Å². The van der Waals surface area contributed by atoms with E-state index in [4.69, 9.17) is 5.73 Å². The molecule has 1 fully saturated rings. The zero-order valence-electron chi connectivity index (χ0n) is 12.0. The van der Waals surface area contributed by atoms with Crippen molar-refractivity contribution in [1.29, 1.82) is 0 Å². The lowest BCUT2D eigenvalue weighted by molar-refractivity contribution is -0.131. The first-order valence-corrected chi connectivity index (χ1v) is 7.81. The monoisotopic (exact) mass is 353 g/mol. The number of rotatable bonds is 4. The molecule has 1 aromatic carbocycles. The molecule has 1 heterocycles. The molecule has 0 saturated carbocycles. The number of carbonyl (C=O) groups excluding carboxylic acids is 2. The fourth-order valence-electron chi connectivity index (χ4n) is 2.51. The van der Waals surface area contributed by atoms with Gasteiger partial charge < -0.3 is 16.0 Å². The number of nitrogens with two attached hydrogens (primary N) is 1. The van der Waals surface area contributed by atoms with E-state index < -0.39 is 0 Å². The van der Waals surface area contributed by atoms with E-state index in [0.29, 0.717) is 13.1 Å². The number of nitrogens with zero attached hydrogens (tertiary/aromatic N) is 1. The van der Waals surface area contributed by atoms with E-state index in [-0.39, 0.29) is 30.3 Å². The van der Waals surface area contributed by atoms with Crippen LogP contribution < -0.4 is 11.1 Å². The smallest absolute Gasteiger partial charge is 0.225 e. The molecule has 0 spiro atoms. The summed E-state index contributed by atoms with van der Waals surface area (Å²) in [6, 6.07) is 7.39. The Morgan fingerprint density at radius 3 is 2.62 bits per heavy atom. The van der Waals surface area contributed by atoms with Crippen molar-refractivity contribution in [3.8, 4) is 0 Å². The van der Waals surface area contributed by atoms with E-state index in [9.17, 15) is 9.59 Å². The lowest BCUT2D eigenvalue weighted by Gasteiger charge is -2.22. The van der Waals surface area contributed by atoms with Crippen LogP contribution in [0, 0.1) is 0 Å². The molecule has 2 rings (SSSR count). The van der Waals surface area contributed by atoms with Crippen molar-refractivity contribution in [2.75, 3.05) is 13.1 Å². The number of nitrogens with one attached hydrogen (secondary N) is 1. The van der Waals surface area contributed by atoms with E-state index in [2.05, 4.69) is 21.2 Å². The van der Waals surface area contributed by atoms with Gasteiger partial charge in [-0.05, 0) is 24.1 Å². The average molecular weight is 354 g/mol. The molecule has 3 N–H and O–H groups in total. The third-order valence-electron chi connectivity index (χ3n) is 3.61. The van der Waals surface area contributed by atoms with Gasteiger partial charge in [-0.3, -0.25) is 9.59 Å². The Hall–Kier alpha value is -1.40. The van der Waals surface area contributed by atoms with Crippen LogP contribution in [0.3, 0.4) is 0 Å². The molecule has 1 aromatic rings. The second-order valence-corrected chi connectivity index (χ2v) is 6.31. The maximum atomic E-state index is 12.3.